The van der Waals surface area contributed by atoms with Crippen LogP contribution in [-0.4, -0.2) is 51.7 Å². The molecule has 184 valence electrons. The van der Waals surface area contributed by atoms with Gasteiger partial charge in [-0.1, -0.05) is 6.07 Å². The number of rotatable bonds is 8. The molecule has 0 spiro atoms. The van der Waals surface area contributed by atoms with Gasteiger partial charge in [-0.15, -0.1) is 0 Å². The van der Waals surface area contributed by atoms with E-state index in [1.807, 2.05) is 0 Å². The Balaban J connectivity index is 2.14. The first-order valence-electron chi connectivity index (χ1n) is 9.88. The molecule has 0 aliphatic heterocycles. The predicted octanol–water partition coefficient (Wildman–Crippen LogP) is 2.42. The van der Waals surface area contributed by atoms with Gasteiger partial charge in [-0.2, -0.15) is 13.2 Å². The largest absolute Gasteiger partial charge is 0.418 e. The fourth-order valence-electron chi connectivity index (χ4n) is 3.02. The van der Waals surface area contributed by atoms with E-state index in [9.17, 15) is 31.2 Å². The number of carbonyl (C=O) groups is 2. The summed E-state index contributed by atoms with van der Waals surface area (Å²) in [5.74, 6) is -1.32. The van der Waals surface area contributed by atoms with Gasteiger partial charge >= 0.3 is 6.18 Å². The zero-order valence-corrected chi connectivity index (χ0v) is 19.2. The van der Waals surface area contributed by atoms with Crippen LogP contribution in [0.25, 0.3) is 0 Å². The molecule has 0 saturated heterocycles. The molecule has 2 amide bonds. The highest BCUT2D eigenvalue weighted by Crippen LogP contribution is 2.42. The van der Waals surface area contributed by atoms with Crippen molar-refractivity contribution in [3.8, 4) is 0 Å². The summed E-state index contributed by atoms with van der Waals surface area (Å²) in [6, 6.07) is 4.24. The first kappa shape index (κ1) is 25.2. The molecule has 0 radical (unpaired) electrons. The average Bonchev–Trinajstić information content (AvgIpc) is 3.56. The van der Waals surface area contributed by atoms with Crippen LogP contribution in [0, 0.1) is 0 Å². The third-order valence-electron chi connectivity index (χ3n) is 4.91. The van der Waals surface area contributed by atoms with Crippen molar-refractivity contribution in [3.05, 3.63) is 47.3 Å². The van der Waals surface area contributed by atoms with E-state index >= 15 is 0 Å². The van der Waals surface area contributed by atoms with Gasteiger partial charge in [-0.05, 0) is 31.0 Å². The van der Waals surface area contributed by atoms with E-state index in [2.05, 4.69) is 25.9 Å². The zero-order valence-electron chi connectivity index (χ0n) is 18.4. The van der Waals surface area contributed by atoms with E-state index in [0.717, 1.165) is 44.5 Å². The Morgan fingerprint density at radius 3 is 2.41 bits per heavy atom. The molecule has 1 aromatic carbocycles. The molecule has 3 rings (SSSR count). The van der Waals surface area contributed by atoms with Gasteiger partial charge in [0.1, 0.15) is 5.69 Å². The van der Waals surface area contributed by atoms with Crippen LogP contribution in [0.3, 0.4) is 0 Å². The Labute approximate surface area is 193 Å². The summed E-state index contributed by atoms with van der Waals surface area (Å²) in [6.07, 6.45) is -1.43. The second-order valence-corrected chi connectivity index (χ2v) is 9.57. The van der Waals surface area contributed by atoms with Gasteiger partial charge in [0.05, 0.1) is 41.6 Å². The molecule has 0 atom stereocenters. The monoisotopic (exact) mass is 501 g/mol. The van der Waals surface area contributed by atoms with Gasteiger partial charge in [-0.25, -0.2) is 13.9 Å². The van der Waals surface area contributed by atoms with Crippen molar-refractivity contribution in [2.45, 2.75) is 25.1 Å². The molecule has 1 aliphatic carbocycles. The molecule has 1 aliphatic rings. The number of anilines is 3. The summed E-state index contributed by atoms with van der Waals surface area (Å²) in [6.45, 7) is 0. The molecule has 10 nitrogen and oxygen atoms in total. The second kappa shape index (κ2) is 9.46. The quantitative estimate of drug-likeness (QED) is 0.474. The third kappa shape index (κ3) is 5.75. The summed E-state index contributed by atoms with van der Waals surface area (Å²) in [7, 11) is -1.94. The van der Waals surface area contributed by atoms with Gasteiger partial charge in [0.15, 0.2) is 0 Å². The van der Waals surface area contributed by atoms with Crippen molar-refractivity contribution in [2.75, 3.05) is 30.0 Å². The van der Waals surface area contributed by atoms with Crippen LogP contribution in [0.4, 0.5) is 30.2 Å². The third-order valence-corrected chi connectivity index (χ3v) is 6.09. The molecular weight excluding hydrogens is 479 g/mol. The van der Waals surface area contributed by atoms with Crippen LogP contribution in [0.1, 0.15) is 39.3 Å². The number of sulfonamides is 1. The predicted molar refractivity (Wildman–Crippen MR) is 117 cm³/mol. The number of para-hydroxylation sites is 1. The highest BCUT2D eigenvalue weighted by atomic mass is 32.2. The number of nitrogens with one attached hydrogen (secondary N) is 3. The molecule has 1 saturated carbocycles. The van der Waals surface area contributed by atoms with Crippen LogP contribution in [0.5, 0.6) is 0 Å². The van der Waals surface area contributed by atoms with Crippen molar-refractivity contribution < 1.29 is 36.0 Å². The molecule has 1 aromatic heterocycles. The van der Waals surface area contributed by atoms with Crippen molar-refractivity contribution >= 4 is 38.9 Å². The summed E-state index contributed by atoms with van der Waals surface area (Å²) in [5.41, 5.74) is -0.433. The van der Waals surface area contributed by atoms with E-state index in [-0.39, 0.29) is 28.7 Å². The fraction of sp³-hybridized carbons (Fsp3) is 0.350. The summed E-state index contributed by atoms with van der Waals surface area (Å²) < 4.78 is 65.9. The lowest BCUT2D eigenvalue weighted by Gasteiger charge is -2.25. The Bertz CT molecular complexity index is 1220. The maximum absolute atomic E-state index is 13.7. The number of hydrogen-bond donors (Lipinski definition) is 3. The Morgan fingerprint density at radius 1 is 1.18 bits per heavy atom. The maximum atomic E-state index is 13.7. The molecule has 34 heavy (non-hydrogen) atoms. The number of hydrogen-bond acceptors (Lipinski definition) is 7. The SMILES string of the molecule is CONC(=O)c1cnc(C(=O)NC2CC2)cc1Nc1cccc(C(F)(F)F)c1N(C)S(C)(=O)=O. The second-order valence-electron chi connectivity index (χ2n) is 7.55. The molecular formula is C20H22F3N5O5S. The smallest absolute Gasteiger partial charge is 0.353 e. The van der Waals surface area contributed by atoms with Crippen molar-refractivity contribution in [3.63, 3.8) is 0 Å². The standard InChI is InChI=1S/C20H22F3N5O5S/c1-28(34(3,31)32)17-13(20(21,22)23)5-4-6-14(17)26-15-9-16(19(30)25-11-7-8-11)24-10-12(15)18(29)27-33-2/h4-6,9-11H,7-8H2,1-3H3,(H,24,26)(H,25,30)(H,27,29). The van der Waals surface area contributed by atoms with Crippen molar-refractivity contribution in [2.24, 2.45) is 0 Å². The normalized spacial score (nSPS) is 13.8. The summed E-state index contributed by atoms with van der Waals surface area (Å²) in [5, 5.41) is 5.39. The Kier molecular flexibility index (Phi) is 7.02. The zero-order chi connectivity index (χ0) is 25.3. The minimum Gasteiger partial charge on any atom is -0.353 e. The first-order chi connectivity index (χ1) is 15.8. The number of aromatic nitrogens is 1. The fourth-order valence-corrected chi connectivity index (χ4v) is 3.55. The number of halogens is 3. The van der Waals surface area contributed by atoms with Gasteiger partial charge in [0.2, 0.25) is 10.0 Å². The van der Waals surface area contributed by atoms with Gasteiger partial charge in [-0.3, -0.25) is 23.7 Å². The van der Waals surface area contributed by atoms with E-state index in [1.165, 1.54) is 19.2 Å². The lowest BCUT2D eigenvalue weighted by atomic mass is 10.1. The minimum absolute atomic E-state index is 0.0145. The van der Waals surface area contributed by atoms with Gasteiger partial charge in [0.25, 0.3) is 11.8 Å². The molecule has 2 aromatic rings. The lowest BCUT2D eigenvalue weighted by Crippen LogP contribution is -2.29. The summed E-state index contributed by atoms with van der Waals surface area (Å²) >= 11 is 0. The van der Waals surface area contributed by atoms with Crippen LogP contribution in [0.15, 0.2) is 30.5 Å². The van der Waals surface area contributed by atoms with E-state index in [0.29, 0.717) is 4.31 Å². The maximum Gasteiger partial charge on any atom is 0.418 e. The first-order valence-corrected chi connectivity index (χ1v) is 11.7. The minimum atomic E-state index is -4.88. The number of amides is 2. The number of alkyl halides is 3. The molecule has 0 bridgehead atoms. The van der Waals surface area contributed by atoms with Crippen molar-refractivity contribution in [1.82, 2.24) is 15.8 Å². The van der Waals surface area contributed by atoms with Crippen molar-refractivity contribution in [1.29, 1.82) is 0 Å². The van der Waals surface area contributed by atoms with E-state index in [1.54, 1.807) is 0 Å². The van der Waals surface area contributed by atoms with Gasteiger partial charge < -0.3 is 10.6 Å². The lowest BCUT2D eigenvalue weighted by molar-refractivity contribution is -0.137. The van der Waals surface area contributed by atoms with Crippen LogP contribution in [-0.2, 0) is 21.0 Å². The Hall–Kier alpha value is -3.39. The average molecular weight is 501 g/mol. The number of pyridine rings is 1. The topological polar surface area (TPSA) is 130 Å². The van der Waals surface area contributed by atoms with Crippen LogP contribution >= 0.6 is 0 Å². The molecule has 0 unspecified atom stereocenters. The molecule has 1 fully saturated rings. The number of nitrogens with zero attached hydrogens (tertiary/aromatic N) is 2. The van der Waals surface area contributed by atoms with Crippen LogP contribution in [0.2, 0.25) is 0 Å². The number of carbonyl (C=O) groups excluding carboxylic acids is 2. The number of benzene rings is 1. The van der Waals surface area contributed by atoms with Gasteiger partial charge in [0, 0.05) is 19.3 Å². The molecule has 3 N–H and O–H groups in total. The number of hydroxylamine groups is 1. The highest BCUT2D eigenvalue weighted by molar-refractivity contribution is 7.92. The molecule has 1 heterocycles. The highest BCUT2D eigenvalue weighted by Gasteiger charge is 2.37. The molecule has 14 heteroatoms. The Morgan fingerprint density at radius 2 is 1.85 bits per heavy atom. The van der Waals surface area contributed by atoms with Crippen LogP contribution < -0.4 is 20.4 Å². The van der Waals surface area contributed by atoms with E-state index < -0.39 is 39.3 Å². The summed E-state index contributed by atoms with van der Waals surface area (Å²) in [4.78, 5) is 33.4. The van der Waals surface area contributed by atoms with E-state index in [4.69, 9.17) is 0 Å².